The standard InChI is InChI=1S/C22H17Cl2N7O3/c23-13-3-5-16(18(24)10-13)20-17(15-2-1-7-26-21(15)32)12-29-22(30-20)27-9-8-25-19-6-4-14(11-28-19)31(33)34/h1-7,10-12H,8-9H2,(H,25,28)(H,26,32)(H,27,29,30). The third-order valence-corrected chi connectivity index (χ3v) is 5.30. The fourth-order valence-corrected chi connectivity index (χ4v) is 3.65. The Hall–Kier alpha value is -4.02. The van der Waals surface area contributed by atoms with E-state index >= 15 is 0 Å². The molecule has 3 aromatic heterocycles. The van der Waals surface area contributed by atoms with E-state index in [-0.39, 0.29) is 11.2 Å². The summed E-state index contributed by atoms with van der Waals surface area (Å²) in [5.41, 5.74) is 1.63. The number of benzene rings is 1. The van der Waals surface area contributed by atoms with Gasteiger partial charge in [-0.25, -0.2) is 15.0 Å². The summed E-state index contributed by atoms with van der Waals surface area (Å²) in [6.45, 7) is 0.878. The van der Waals surface area contributed by atoms with Gasteiger partial charge in [-0.2, -0.15) is 0 Å². The number of H-pyrrole nitrogens is 1. The van der Waals surface area contributed by atoms with Crippen LogP contribution in [0.4, 0.5) is 17.5 Å². The molecule has 10 nitrogen and oxygen atoms in total. The van der Waals surface area contributed by atoms with Crippen molar-refractivity contribution in [1.82, 2.24) is 19.9 Å². The van der Waals surface area contributed by atoms with Crippen molar-refractivity contribution in [3.63, 3.8) is 0 Å². The normalized spacial score (nSPS) is 10.6. The number of pyridine rings is 2. The largest absolute Gasteiger partial charge is 0.368 e. The zero-order chi connectivity index (χ0) is 24.1. The molecular weight excluding hydrogens is 481 g/mol. The zero-order valence-electron chi connectivity index (χ0n) is 17.5. The fourth-order valence-electron chi connectivity index (χ4n) is 3.15. The van der Waals surface area contributed by atoms with Crippen LogP contribution in [-0.2, 0) is 0 Å². The molecule has 0 saturated carbocycles. The van der Waals surface area contributed by atoms with Crippen molar-refractivity contribution in [3.8, 4) is 22.4 Å². The number of nitrogens with zero attached hydrogens (tertiary/aromatic N) is 4. The van der Waals surface area contributed by atoms with E-state index in [1.165, 1.54) is 18.3 Å². The molecule has 0 unspecified atom stereocenters. The number of hydrogen-bond acceptors (Lipinski definition) is 8. The molecule has 1 aromatic carbocycles. The third kappa shape index (κ3) is 5.30. The summed E-state index contributed by atoms with van der Waals surface area (Å²) in [7, 11) is 0. The molecule has 172 valence electrons. The number of rotatable bonds is 8. The smallest absolute Gasteiger partial charge is 0.287 e. The Balaban J connectivity index is 1.55. The monoisotopic (exact) mass is 497 g/mol. The van der Waals surface area contributed by atoms with Gasteiger partial charge in [-0.15, -0.1) is 0 Å². The van der Waals surface area contributed by atoms with Crippen LogP contribution in [0.5, 0.6) is 0 Å². The van der Waals surface area contributed by atoms with Crippen molar-refractivity contribution >= 4 is 40.7 Å². The molecule has 3 N–H and O–H groups in total. The maximum absolute atomic E-state index is 12.4. The van der Waals surface area contributed by atoms with Crippen molar-refractivity contribution < 1.29 is 4.92 Å². The number of aromatic nitrogens is 4. The number of anilines is 2. The van der Waals surface area contributed by atoms with Gasteiger partial charge in [-0.3, -0.25) is 14.9 Å². The Morgan fingerprint density at radius 2 is 1.79 bits per heavy atom. The minimum atomic E-state index is -0.507. The van der Waals surface area contributed by atoms with Crippen molar-refractivity contribution in [2.45, 2.75) is 0 Å². The Morgan fingerprint density at radius 1 is 0.971 bits per heavy atom. The van der Waals surface area contributed by atoms with Crippen LogP contribution in [0.3, 0.4) is 0 Å². The zero-order valence-corrected chi connectivity index (χ0v) is 19.0. The summed E-state index contributed by atoms with van der Waals surface area (Å²) in [4.78, 5) is 38.2. The summed E-state index contributed by atoms with van der Waals surface area (Å²) in [6.07, 6.45) is 4.29. The molecule has 0 aliphatic carbocycles. The van der Waals surface area contributed by atoms with E-state index in [9.17, 15) is 14.9 Å². The molecule has 0 radical (unpaired) electrons. The summed E-state index contributed by atoms with van der Waals surface area (Å²) >= 11 is 12.5. The van der Waals surface area contributed by atoms with E-state index in [1.54, 1.807) is 42.7 Å². The molecular formula is C22H17Cl2N7O3. The fraction of sp³-hybridized carbons (Fsp3) is 0.0909. The lowest BCUT2D eigenvalue weighted by molar-refractivity contribution is -0.385. The highest BCUT2D eigenvalue weighted by molar-refractivity contribution is 6.36. The highest BCUT2D eigenvalue weighted by Crippen LogP contribution is 2.35. The molecule has 0 fully saturated rings. The second-order valence-electron chi connectivity index (χ2n) is 7.01. The number of aromatic amines is 1. The third-order valence-electron chi connectivity index (χ3n) is 4.76. The summed E-state index contributed by atoms with van der Waals surface area (Å²) in [5.74, 6) is 0.830. The van der Waals surface area contributed by atoms with Gasteiger partial charge in [0.15, 0.2) is 0 Å². The second-order valence-corrected chi connectivity index (χ2v) is 7.85. The molecule has 12 heteroatoms. The minimum absolute atomic E-state index is 0.0807. The molecule has 0 bridgehead atoms. The first-order chi connectivity index (χ1) is 16.4. The summed E-state index contributed by atoms with van der Waals surface area (Å²) in [5, 5.41) is 17.7. The quantitative estimate of drug-likeness (QED) is 0.182. The van der Waals surface area contributed by atoms with E-state index < -0.39 is 4.92 Å². The molecule has 3 heterocycles. The van der Waals surface area contributed by atoms with Crippen LogP contribution in [0.25, 0.3) is 22.4 Å². The molecule has 0 aliphatic heterocycles. The lowest BCUT2D eigenvalue weighted by Gasteiger charge is -2.13. The van der Waals surface area contributed by atoms with Crippen molar-refractivity contribution in [3.05, 3.63) is 91.6 Å². The molecule has 0 saturated heterocycles. The van der Waals surface area contributed by atoms with Crippen LogP contribution in [0.2, 0.25) is 10.0 Å². The average Bonchev–Trinajstić information content (AvgIpc) is 2.83. The van der Waals surface area contributed by atoms with Gasteiger partial charge in [0.05, 0.1) is 21.2 Å². The molecule has 0 amide bonds. The maximum atomic E-state index is 12.4. The van der Waals surface area contributed by atoms with E-state index in [0.717, 1.165) is 0 Å². The predicted octanol–water partition coefficient (Wildman–Crippen LogP) is 4.63. The minimum Gasteiger partial charge on any atom is -0.368 e. The van der Waals surface area contributed by atoms with Crippen LogP contribution in [0, 0.1) is 10.1 Å². The van der Waals surface area contributed by atoms with E-state index in [0.29, 0.717) is 57.3 Å². The van der Waals surface area contributed by atoms with Crippen molar-refractivity contribution in [1.29, 1.82) is 0 Å². The van der Waals surface area contributed by atoms with Gasteiger partial charge in [0.25, 0.3) is 11.2 Å². The van der Waals surface area contributed by atoms with Crippen molar-refractivity contribution in [2.75, 3.05) is 23.7 Å². The van der Waals surface area contributed by atoms with Gasteiger partial charge < -0.3 is 15.6 Å². The Kier molecular flexibility index (Phi) is 7.00. The first kappa shape index (κ1) is 23.1. The van der Waals surface area contributed by atoms with Crippen LogP contribution in [0.1, 0.15) is 0 Å². The topological polar surface area (TPSA) is 139 Å². The molecule has 0 atom stereocenters. The van der Waals surface area contributed by atoms with E-state index in [4.69, 9.17) is 23.2 Å². The second kappa shape index (κ2) is 10.3. The summed E-state index contributed by atoms with van der Waals surface area (Å²) in [6, 6.07) is 11.3. The number of halogens is 2. The molecule has 34 heavy (non-hydrogen) atoms. The number of hydrogen-bond donors (Lipinski definition) is 3. The van der Waals surface area contributed by atoms with Crippen LogP contribution >= 0.6 is 23.2 Å². The van der Waals surface area contributed by atoms with Crippen LogP contribution in [-0.4, -0.2) is 37.9 Å². The molecule has 4 rings (SSSR count). The van der Waals surface area contributed by atoms with Gasteiger partial charge in [0, 0.05) is 47.7 Å². The first-order valence-corrected chi connectivity index (χ1v) is 10.8. The highest BCUT2D eigenvalue weighted by Gasteiger charge is 2.16. The molecule has 4 aromatic rings. The Labute approximate surface area is 203 Å². The van der Waals surface area contributed by atoms with Gasteiger partial charge in [0.1, 0.15) is 12.0 Å². The Morgan fingerprint density at radius 3 is 2.50 bits per heavy atom. The number of nitrogens with one attached hydrogen (secondary N) is 3. The lowest BCUT2D eigenvalue weighted by atomic mass is 10.0. The average molecular weight is 498 g/mol. The van der Waals surface area contributed by atoms with Crippen LogP contribution < -0.4 is 16.2 Å². The van der Waals surface area contributed by atoms with Crippen LogP contribution in [0.15, 0.2) is 65.8 Å². The van der Waals surface area contributed by atoms with Gasteiger partial charge in [-0.1, -0.05) is 23.2 Å². The lowest BCUT2D eigenvalue weighted by Crippen LogP contribution is -2.16. The van der Waals surface area contributed by atoms with Crippen molar-refractivity contribution in [2.24, 2.45) is 0 Å². The molecule has 0 aliphatic rings. The van der Waals surface area contributed by atoms with Gasteiger partial charge in [0.2, 0.25) is 5.95 Å². The van der Waals surface area contributed by atoms with Gasteiger partial charge in [-0.05, 0) is 36.4 Å². The number of nitro groups is 1. The summed E-state index contributed by atoms with van der Waals surface area (Å²) < 4.78 is 0. The first-order valence-electron chi connectivity index (χ1n) is 10.0. The van der Waals surface area contributed by atoms with Gasteiger partial charge >= 0.3 is 0 Å². The Bertz CT molecular complexity index is 1390. The maximum Gasteiger partial charge on any atom is 0.287 e. The molecule has 0 spiro atoms. The van der Waals surface area contributed by atoms with E-state index in [2.05, 4.69) is 30.6 Å². The predicted molar refractivity (Wildman–Crippen MR) is 131 cm³/mol. The SMILES string of the molecule is O=c1[nH]cccc1-c1cnc(NCCNc2ccc([N+](=O)[O-])cn2)nc1-c1ccc(Cl)cc1Cl. The van der Waals surface area contributed by atoms with E-state index in [1.807, 2.05) is 0 Å². The highest BCUT2D eigenvalue weighted by atomic mass is 35.5.